The van der Waals surface area contributed by atoms with E-state index >= 15 is 0 Å². The number of hydrogen-bond donors (Lipinski definition) is 0. The Morgan fingerprint density at radius 1 is 0.277 bits per heavy atom. The molecular formula is C56H60MnN8+5. The van der Waals surface area contributed by atoms with Crippen molar-refractivity contribution in [3.63, 3.8) is 0 Å². The molecule has 8 nitrogen and oxygen atoms in total. The van der Waals surface area contributed by atoms with E-state index in [1.54, 1.807) is 0 Å². The van der Waals surface area contributed by atoms with Crippen molar-refractivity contribution in [2.75, 3.05) is 84.6 Å². The summed E-state index contributed by atoms with van der Waals surface area (Å²) in [5.41, 5.74) is 19.7. The van der Waals surface area contributed by atoms with Crippen LogP contribution in [0.15, 0.2) is 121 Å². The van der Waals surface area contributed by atoms with Crippen molar-refractivity contribution in [1.82, 2.24) is 37.9 Å². The Balaban J connectivity index is 0.00000576. The van der Waals surface area contributed by atoms with E-state index in [0.717, 1.165) is 89.4 Å². The van der Waals surface area contributed by atoms with Crippen molar-refractivity contribution >= 4 is 69.1 Å². The van der Waals surface area contributed by atoms with Crippen LogP contribution in [0.25, 0.3) is 90.9 Å². The predicted octanol–water partition coefficient (Wildman–Crippen LogP) is 11.4. The molecule has 0 N–H and O–H groups in total. The second kappa shape index (κ2) is 16.7. The van der Waals surface area contributed by atoms with Gasteiger partial charge in [-0.15, -0.1) is 22.1 Å². The topological polar surface area (TPSA) is 54.0 Å². The molecule has 0 spiro atoms. The molecule has 5 heterocycles. The summed E-state index contributed by atoms with van der Waals surface area (Å²) in [5.74, 6) is 0. The molecule has 0 saturated heterocycles. The van der Waals surface area contributed by atoms with Gasteiger partial charge in [-0.05, 0) is 160 Å². The Morgan fingerprint density at radius 3 is 0.754 bits per heavy atom. The third kappa shape index (κ3) is 8.96. The Morgan fingerprint density at radius 2 is 0.492 bits per heavy atom. The van der Waals surface area contributed by atoms with E-state index < -0.39 is 0 Å². The molecule has 0 unspecified atom stereocenters. The molecule has 9 heteroatoms. The van der Waals surface area contributed by atoms with Crippen LogP contribution in [0.4, 0.5) is 22.7 Å². The van der Waals surface area contributed by atoms with Crippen LogP contribution in [-0.4, -0.2) is 94.5 Å². The van der Waals surface area contributed by atoms with E-state index in [2.05, 4.69) is 230 Å². The third-order valence-electron chi connectivity index (χ3n) is 12.3. The van der Waals surface area contributed by atoms with E-state index in [1.165, 1.54) is 22.7 Å². The molecule has 9 rings (SSSR count). The molecule has 2 aliphatic rings. The molecule has 0 amide bonds. The van der Waals surface area contributed by atoms with Gasteiger partial charge in [0.2, 0.25) is 0 Å². The fourth-order valence-corrected chi connectivity index (χ4v) is 8.57. The molecule has 8 bridgehead atoms. The SMILES string of the molecule is C[N+](C)(C)c1ccc(-c2c3nc(c(-c4ccc([N+](C)(C)C)cc4)c4ccc([n-]4)c(-c4ccc([N+](C)(C)C)cc4)c4ccc([n-]4)c(-c4ccc([N+](C)(C)C)cc4)c4nc2C=C4)C=C3)cc1.[Mn+3]. The van der Waals surface area contributed by atoms with Crippen LogP contribution >= 0.6 is 0 Å². The Labute approximate surface area is 395 Å². The molecular weight excluding hydrogens is 840 g/mol. The number of rotatable bonds is 8. The van der Waals surface area contributed by atoms with Crippen molar-refractivity contribution in [2.24, 2.45) is 0 Å². The first-order valence-electron chi connectivity index (χ1n) is 22.0. The normalized spacial score (nSPS) is 13.0. The quantitative estimate of drug-likeness (QED) is 0.113. The van der Waals surface area contributed by atoms with E-state index in [0.29, 0.717) is 17.9 Å². The molecule has 3 aromatic heterocycles. The monoisotopic (exact) mass is 899 g/mol. The molecule has 7 aromatic rings. The Kier molecular flexibility index (Phi) is 11.7. The van der Waals surface area contributed by atoms with Crippen molar-refractivity contribution in [3.8, 4) is 44.5 Å². The zero-order chi connectivity index (χ0) is 45.3. The van der Waals surface area contributed by atoms with Crippen LogP contribution in [0.2, 0.25) is 0 Å². The Hall–Kier alpha value is -6.16. The molecule has 0 fully saturated rings. The summed E-state index contributed by atoms with van der Waals surface area (Å²) in [6, 6.07) is 43.9. The van der Waals surface area contributed by atoms with Gasteiger partial charge in [-0.25, -0.2) is 9.97 Å². The Bertz CT molecular complexity index is 2990. The molecule has 0 radical (unpaired) electrons. The summed E-state index contributed by atoms with van der Waals surface area (Å²) >= 11 is 0. The second-order valence-electron chi connectivity index (χ2n) is 20.6. The van der Waals surface area contributed by atoms with Gasteiger partial charge in [-0.1, -0.05) is 24.3 Å². The third-order valence-corrected chi connectivity index (χ3v) is 12.3. The maximum absolute atomic E-state index is 5.50. The maximum atomic E-state index is 5.50. The number of fused-ring (bicyclic) bond motifs is 8. The first-order chi connectivity index (χ1) is 30.2. The average Bonchev–Trinajstić information content (AvgIpc) is 4.08. The fraction of sp³-hybridized carbons (Fsp3) is 0.214. The minimum absolute atomic E-state index is 0. The van der Waals surface area contributed by atoms with E-state index in [-0.39, 0.29) is 17.1 Å². The fourth-order valence-electron chi connectivity index (χ4n) is 8.57. The molecule has 2 aliphatic heterocycles. The summed E-state index contributed by atoms with van der Waals surface area (Å²) in [6.45, 7) is 0. The molecule has 65 heavy (non-hydrogen) atoms. The predicted molar refractivity (Wildman–Crippen MR) is 277 cm³/mol. The second-order valence-corrected chi connectivity index (χ2v) is 20.6. The van der Waals surface area contributed by atoms with Gasteiger partial charge in [0.05, 0.1) is 107 Å². The molecule has 0 atom stereocenters. The molecule has 0 aliphatic carbocycles. The number of benzene rings is 4. The summed E-state index contributed by atoms with van der Waals surface area (Å²) in [6.07, 6.45) is 8.56. The van der Waals surface area contributed by atoms with Gasteiger partial charge in [-0.2, -0.15) is 0 Å². The molecule has 0 saturated carbocycles. The van der Waals surface area contributed by atoms with Crippen LogP contribution in [-0.2, 0) is 17.1 Å². The van der Waals surface area contributed by atoms with Gasteiger partial charge < -0.3 is 9.97 Å². The zero-order valence-corrected chi connectivity index (χ0v) is 41.0. The van der Waals surface area contributed by atoms with Crippen LogP contribution in [0.3, 0.4) is 0 Å². The van der Waals surface area contributed by atoms with Gasteiger partial charge in [0.15, 0.2) is 0 Å². The summed E-state index contributed by atoms with van der Waals surface area (Å²) < 4.78 is 2.86. The van der Waals surface area contributed by atoms with Gasteiger partial charge in [0.1, 0.15) is 22.7 Å². The van der Waals surface area contributed by atoms with Gasteiger partial charge in [0, 0.05) is 5.56 Å². The molecule has 4 aromatic carbocycles. The van der Waals surface area contributed by atoms with Gasteiger partial charge >= 0.3 is 17.1 Å². The van der Waals surface area contributed by atoms with Gasteiger partial charge in [-0.3, -0.25) is 17.9 Å². The minimum Gasteiger partial charge on any atom is -0.657 e. The summed E-state index contributed by atoms with van der Waals surface area (Å²) in [5, 5.41) is 0. The zero-order valence-electron chi connectivity index (χ0n) is 39.8. The van der Waals surface area contributed by atoms with Crippen molar-refractivity contribution in [3.05, 3.63) is 144 Å². The van der Waals surface area contributed by atoms with Crippen molar-refractivity contribution in [2.45, 2.75) is 0 Å². The van der Waals surface area contributed by atoms with Crippen LogP contribution in [0.5, 0.6) is 0 Å². The van der Waals surface area contributed by atoms with Crippen LogP contribution < -0.4 is 27.9 Å². The number of aromatic nitrogens is 4. The number of quaternary nitrogens is 4. The standard InChI is InChI=1S/C56H60N8.Mn/c1-61(2,3)41-21-13-37(14-22-41)53-45-29-31-47(57-45)54(38-15-23-42(24-16-38)62(4,5)6)49-33-35-51(59-49)56(40-19-27-44(28-20-40)64(10,11)12)52-36-34-50(60-52)55(48-32-30-46(53)58-48)39-17-25-43(26-18-39)63(7,8)9;/h13-36H,1-12H3;/q+2;+3. The van der Waals surface area contributed by atoms with Gasteiger partial charge in [0.25, 0.3) is 0 Å². The maximum Gasteiger partial charge on any atom is 3.00 e. The van der Waals surface area contributed by atoms with E-state index in [9.17, 15) is 0 Å². The largest absolute Gasteiger partial charge is 3.00 e. The van der Waals surface area contributed by atoms with Crippen LogP contribution in [0.1, 0.15) is 22.8 Å². The average molecular weight is 900 g/mol. The summed E-state index contributed by atoms with van der Waals surface area (Å²) in [4.78, 5) is 22.0. The number of nitrogens with zero attached hydrogens (tertiary/aromatic N) is 8. The van der Waals surface area contributed by atoms with Crippen molar-refractivity contribution < 1.29 is 17.1 Å². The van der Waals surface area contributed by atoms with Crippen LogP contribution in [0, 0.1) is 0 Å². The minimum atomic E-state index is 0. The smallest absolute Gasteiger partial charge is 0.657 e. The first-order valence-corrected chi connectivity index (χ1v) is 22.0. The van der Waals surface area contributed by atoms with Crippen molar-refractivity contribution in [1.29, 1.82) is 0 Å². The number of hydrogen-bond acceptors (Lipinski definition) is 2. The first kappa shape index (κ1) is 45.4. The molecule has 326 valence electrons. The summed E-state index contributed by atoms with van der Waals surface area (Å²) in [7, 11) is 26.3. The van der Waals surface area contributed by atoms with E-state index in [1.807, 2.05) is 0 Å². The van der Waals surface area contributed by atoms with E-state index in [4.69, 9.17) is 19.9 Å².